The van der Waals surface area contributed by atoms with Crippen molar-refractivity contribution >= 4 is 12.1 Å². The molecule has 0 saturated carbocycles. The fourth-order valence-corrected chi connectivity index (χ4v) is 2.61. The molecule has 3 N–H and O–H groups in total. The Balaban J connectivity index is 2.02. The molecule has 0 aliphatic rings. The van der Waals surface area contributed by atoms with Gasteiger partial charge in [-0.3, -0.25) is 4.98 Å². The highest BCUT2D eigenvalue weighted by Gasteiger charge is 2.35. The summed E-state index contributed by atoms with van der Waals surface area (Å²) in [6.45, 7) is 5.11. The number of carboxylic acids is 1. The van der Waals surface area contributed by atoms with Crippen LogP contribution in [-0.2, 0) is 22.6 Å². The molecule has 0 aliphatic heterocycles. The molecule has 1 aromatic carbocycles. The number of nitrogens with one attached hydrogen (secondary N) is 1. The Labute approximate surface area is 151 Å². The van der Waals surface area contributed by atoms with Gasteiger partial charge in [0.15, 0.2) is 0 Å². The lowest BCUT2D eigenvalue weighted by molar-refractivity contribution is -0.143. The molecule has 1 heterocycles. The van der Waals surface area contributed by atoms with E-state index in [1.54, 1.807) is 24.3 Å². The maximum Gasteiger partial charge on any atom is 0.408 e. The molecule has 1 amide bonds. The predicted octanol–water partition coefficient (Wildman–Crippen LogP) is 2.72. The zero-order chi connectivity index (χ0) is 19.3. The van der Waals surface area contributed by atoms with Gasteiger partial charge in [0.05, 0.1) is 0 Å². The van der Waals surface area contributed by atoms with Gasteiger partial charge < -0.3 is 20.3 Å². The number of phenolic OH excluding ortho intramolecular Hbond substituents is 1. The highest BCUT2D eigenvalue weighted by Crippen LogP contribution is 2.17. The zero-order valence-corrected chi connectivity index (χ0v) is 14.9. The lowest BCUT2D eigenvalue weighted by atomic mass is 9.93. The summed E-state index contributed by atoms with van der Waals surface area (Å²) in [4.78, 5) is 28.0. The number of nitrogens with zero attached hydrogens (tertiary/aromatic N) is 1. The minimum absolute atomic E-state index is 0.0188. The monoisotopic (exact) mass is 358 g/mol. The summed E-state index contributed by atoms with van der Waals surface area (Å²) in [7, 11) is 0. The van der Waals surface area contributed by atoms with Crippen molar-refractivity contribution in [3.8, 4) is 5.75 Å². The summed E-state index contributed by atoms with van der Waals surface area (Å²) < 4.78 is 5.16. The van der Waals surface area contributed by atoms with Gasteiger partial charge in [0, 0.05) is 17.8 Å². The van der Waals surface area contributed by atoms with E-state index in [2.05, 4.69) is 10.3 Å². The molecule has 1 aromatic heterocycles. The van der Waals surface area contributed by atoms with Crippen LogP contribution in [0.1, 0.15) is 29.4 Å². The van der Waals surface area contributed by atoms with Crippen LogP contribution < -0.4 is 5.32 Å². The van der Waals surface area contributed by atoms with E-state index >= 15 is 0 Å². The molecular formula is C19H22N2O5. The lowest BCUT2D eigenvalue weighted by Gasteiger charge is -2.26. The van der Waals surface area contributed by atoms with Gasteiger partial charge in [-0.15, -0.1) is 0 Å². The van der Waals surface area contributed by atoms with Crippen molar-refractivity contribution in [3.05, 3.63) is 58.9 Å². The molecule has 0 saturated heterocycles. The van der Waals surface area contributed by atoms with E-state index in [1.807, 2.05) is 13.8 Å². The van der Waals surface area contributed by atoms with Gasteiger partial charge in [-0.05, 0) is 56.2 Å². The number of phenols is 1. The molecule has 1 atom stereocenters. The molecule has 138 valence electrons. The van der Waals surface area contributed by atoms with Crippen LogP contribution in [-0.4, -0.2) is 32.8 Å². The van der Waals surface area contributed by atoms with E-state index in [0.29, 0.717) is 5.56 Å². The molecule has 0 spiro atoms. The first-order valence-electron chi connectivity index (χ1n) is 8.08. The number of hydrogen-bond donors (Lipinski definition) is 3. The van der Waals surface area contributed by atoms with Crippen LogP contribution >= 0.6 is 0 Å². The van der Waals surface area contributed by atoms with Crippen molar-refractivity contribution < 1.29 is 24.5 Å². The smallest absolute Gasteiger partial charge is 0.408 e. The van der Waals surface area contributed by atoms with Gasteiger partial charge in [0.25, 0.3) is 0 Å². The third kappa shape index (κ3) is 5.20. The predicted molar refractivity (Wildman–Crippen MR) is 94.9 cm³/mol. The van der Waals surface area contributed by atoms with Crippen molar-refractivity contribution in [2.75, 3.05) is 0 Å². The molecule has 2 aromatic rings. The Morgan fingerprint density at radius 3 is 2.23 bits per heavy atom. The Morgan fingerprint density at radius 2 is 1.69 bits per heavy atom. The number of aromatic nitrogens is 1. The lowest BCUT2D eigenvalue weighted by Crippen LogP contribution is -2.53. The van der Waals surface area contributed by atoms with E-state index in [-0.39, 0.29) is 18.8 Å². The molecule has 0 radical (unpaired) electrons. The zero-order valence-electron chi connectivity index (χ0n) is 14.9. The number of aryl methyl sites for hydroxylation is 2. The Morgan fingerprint density at radius 1 is 1.12 bits per heavy atom. The Kier molecular flexibility index (Phi) is 5.82. The first-order chi connectivity index (χ1) is 12.2. The van der Waals surface area contributed by atoms with E-state index in [1.165, 1.54) is 19.1 Å². The summed E-state index contributed by atoms with van der Waals surface area (Å²) in [5.74, 6) is -1.10. The third-order valence-corrected chi connectivity index (χ3v) is 3.86. The van der Waals surface area contributed by atoms with Crippen molar-refractivity contribution in [2.24, 2.45) is 0 Å². The summed E-state index contributed by atoms with van der Waals surface area (Å²) in [5, 5.41) is 21.3. The standard InChI is InChI=1S/C19H22N2O5/c1-12-8-15(9-13(2)20-12)11-26-18(25)21-19(3,17(23)24)10-14-4-6-16(22)7-5-14/h4-9,22H,10-11H2,1-3H3,(H,21,25)(H,23,24). The number of carbonyl (C=O) groups is 2. The molecular weight excluding hydrogens is 336 g/mol. The van der Waals surface area contributed by atoms with E-state index in [4.69, 9.17) is 4.74 Å². The van der Waals surface area contributed by atoms with Crippen LogP contribution in [0.5, 0.6) is 5.75 Å². The second-order valence-electron chi connectivity index (χ2n) is 6.44. The largest absolute Gasteiger partial charge is 0.508 e. The third-order valence-electron chi connectivity index (χ3n) is 3.86. The maximum atomic E-state index is 12.1. The number of alkyl carbamates (subject to hydrolysis) is 1. The van der Waals surface area contributed by atoms with E-state index in [0.717, 1.165) is 17.0 Å². The molecule has 7 nitrogen and oxygen atoms in total. The summed E-state index contributed by atoms with van der Waals surface area (Å²) in [6, 6.07) is 9.73. The van der Waals surface area contributed by atoms with Gasteiger partial charge in [0.1, 0.15) is 17.9 Å². The molecule has 1 unspecified atom stereocenters. The number of ether oxygens (including phenoxy) is 1. The highest BCUT2D eigenvalue weighted by atomic mass is 16.5. The number of carbonyl (C=O) groups excluding carboxylic acids is 1. The maximum absolute atomic E-state index is 12.1. The summed E-state index contributed by atoms with van der Waals surface area (Å²) >= 11 is 0. The molecule has 0 fully saturated rings. The van der Waals surface area contributed by atoms with Crippen LogP contribution in [0.3, 0.4) is 0 Å². The fraction of sp³-hybridized carbons (Fsp3) is 0.316. The molecule has 26 heavy (non-hydrogen) atoms. The number of hydrogen-bond acceptors (Lipinski definition) is 5. The Hall–Kier alpha value is -3.09. The molecule has 0 aliphatic carbocycles. The fourth-order valence-electron chi connectivity index (χ4n) is 2.61. The number of amides is 1. The number of aliphatic carboxylic acids is 1. The van der Waals surface area contributed by atoms with Crippen molar-refractivity contribution in [3.63, 3.8) is 0 Å². The van der Waals surface area contributed by atoms with Gasteiger partial charge in [-0.25, -0.2) is 9.59 Å². The molecule has 7 heteroatoms. The van der Waals surface area contributed by atoms with Gasteiger partial charge >= 0.3 is 12.1 Å². The normalized spacial score (nSPS) is 12.9. The topological polar surface area (TPSA) is 109 Å². The molecule has 2 rings (SSSR count). The first kappa shape index (κ1) is 19.2. The van der Waals surface area contributed by atoms with Crippen molar-refractivity contribution in [2.45, 2.75) is 39.3 Å². The average molecular weight is 358 g/mol. The van der Waals surface area contributed by atoms with Crippen LogP contribution in [0, 0.1) is 13.8 Å². The molecule has 0 bridgehead atoms. The quantitative estimate of drug-likeness (QED) is 0.733. The van der Waals surface area contributed by atoms with Gasteiger partial charge in [-0.2, -0.15) is 0 Å². The van der Waals surface area contributed by atoms with Crippen LogP contribution in [0.25, 0.3) is 0 Å². The number of rotatable bonds is 6. The highest BCUT2D eigenvalue weighted by molar-refractivity contribution is 5.84. The van der Waals surface area contributed by atoms with Crippen molar-refractivity contribution in [1.29, 1.82) is 0 Å². The second-order valence-corrected chi connectivity index (χ2v) is 6.44. The average Bonchev–Trinajstić information content (AvgIpc) is 2.54. The van der Waals surface area contributed by atoms with Crippen LogP contribution in [0.4, 0.5) is 4.79 Å². The first-order valence-corrected chi connectivity index (χ1v) is 8.08. The minimum Gasteiger partial charge on any atom is -0.508 e. The Bertz CT molecular complexity index is 784. The number of aromatic hydroxyl groups is 1. The number of benzene rings is 1. The summed E-state index contributed by atoms with van der Waals surface area (Å²) in [5.41, 5.74) is 1.52. The van der Waals surface area contributed by atoms with E-state index < -0.39 is 17.6 Å². The van der Waals surface area contributed by atoms with Gasteiger partial charge in [-0.1, -0.05) is 12.1 Å². The second kappa shape index (κ2) is 7.86. The minimum atomic E-state index is -1.54. The van der Waals surface area contributed by atoms with Gasteiger partial charge in [0.2, 0.25) is 0 Å². The van der Waals surface area contributed by atoms with Crippen LogP contribution in [0.15, 0.2) is 36.4 Å². The summed E-state index contributed by atoms with van der Waals surface area (Å²) in [6.07, 6.45) is -0.772. The van der Waals surface area contributed by atoms with E-state index in [9.17, 15) is 19.8 Å². The van der Waals surface area contributed by atoms with Crippen LogP contribution in [0.2, 0.25) is 0 Å². The SMILES string of the molecule is Cc1cc(COC(=O)NC(C)(Cc2ccc(O)cc2)C(=O)O)cc(C)n1. The number of pyridine rings is 1. The van der Waals surface area contributed by atoms with Crippen molar-refractivity contribution in [1.82, 2.24) is 10.3 Å². The number of carboxylic acid groups (broad SMARTS) is 1.